The molecule has 1 amide bonds. The number of anilines is 2. The van der Waals surface area contributed by atoms with E-state index in [0.29, 0.717) is 16.4 Å². The predicted octanol–water partition coefficient (Wildman–Crippen LogP) is 5.30. The normalized spacial score (nSPS) is 11.3. The van der Waals surface area contributed by atoms with Gasteiger partial charge in [-0.3, -0.25) is 9.10 Å². The summed E-state index contributed by atoms with van der Waals surface area (Å²) in [7, 11) is -3.97. The quantitative estimate of drug-likeness (QED) is 0.540. The molecule has 1 N–H and O–H groups in total. The summed E-state index contributed by atoms with van der Waals surface area (Å²) >= 11 is 5.90. The first-order valence-corrected chi connectivity index (χ1v) is 11.3. The number of hydrogen-bond acceptors (Lipinski definition) is 3. The van der Waals surface area contributed by atoms with Crippen molar-refractivity contribution in [2.45, 2.75) is 24.7 Å². The molecular formula is C23H23ClN2O3S. The fourth-order valence-electron chi connectivity index (χ4n) is 3.08. The van der Waals surface area contributed by atoms with E-state index in [1.807, 2.05) is 38.1 Å². The first kappa shape index (κ1) is 21.9. The minimum absolute atomic E-state index is 0.0612. The fourth-order valence-corrected chi connectivity index (χ4v) is 4.62. The van der Waals surface area contributed by atoms with E-state index < -0.39 is 15.9 Å². The summed E-state index contributed by atoms with van der Waals surface area (Å²) in [6.45, 7) is 3.71. The van der Waals surface area contributed by atoms with Crippen molar-refractivity contribution >= 4 is 38.9 Å². The van der Waals surface area contributed by atoms with Crippen molar-refractivity contribution in [3.05, 3.63) is 89.4 Å². The van der Waals surface area contributed by atoms with E-state index in [1.54, 1.807) is 30.3 Å². The number of sulfonamides is 1. The highest BCUT2D eigenvalue weighted by Crippen LogP contribution is 2.26. The monoisotopic (exact) mass is 442 g/mol. The summed E-state index contributed by atoms with van der Waals surface area (Å²) in [4.78, 5) is 12.9. The van der Waals surface area contributed by atoms with Gasteiger partial charge in [0.15, 0.2) is 0 Å². The highest BCUT2D eigenvalue weighted by Gasteiger charge is 2.27. The Labute approximate surface area is 182 Å². The third-order valence-electron chi connectivity index (χ3n) is 4.59. The fraction of sp³-hybridized carbons (Fsp3) is 0.174. The molecule has 7 heteroatoms. The van der Waals surface area contributed by atoms with E-state index in [2.05, 4.69) is 5.32 Å². The molecule has 0 fully saturated rings. The van der Waals surface area contributed by atoms with Gasteiger partial charge >= 0.3 is 0 Å². The molecule has 0 spiro atoms. The predicted molar refractivity (Wildman–Crippen MR) is 122 cm³/mol. The first-order chi connectivity index (χ1) is 14.3. The van der Waals surface area contributed by atoms with Gasteiger partial charge in [-0.1, -0.05) is 61.8 Å². The molecule has 0 aromatic heterocycles. The van der Waals surface area contributed by atoms with Crippen LogP contribution in [0.25, 0.3) is 0 Å². The number of hydrogen-bond donors (Lipinski definition) is 1. The van der Waals surface area contributed by atoms with Crippen molar-refractivity contribution in [1.29, 1.82) is 0 Å². The van der Waals surface area contributed by atoms with Crippen LogP contribution in [0.5, 0.6) is 0 Å². The number of nitrogens with one attached hydrogen (secondary N) is 1. The molecule has 5 nitrogen and oxygen atoms in total. The van der Waals surface area contributed by atoms with Gasteiger partial charge in [0.25, 0.3) is 10.0 Å². The van der Waals surface area contributed by atoms with Gasteiger partial charge in [0, 0.05) is 10.7 Å². The Morgan fingerprint density at radius 3 is 2.17 bits per heavy atom. The topological polar surface area (TPSA) is 66.5 Å². The van der Waals surface area contributed by atoms with Crippen molar-refractivity contribution in [3.63, 3.8) is 0 Å². The summed E-state index contributed by atoms with van der Waals surface area (Å²) in [5, 5.41) is 3.29. The SMILES string of the molecule is CC(C)c1ccccc1NC(=O)CN(c1ccccc1)S(=O)(=O)c1ccc(Cl)cc1. The van der Waals surface area contributed by atoms with Crippen LogP contribution in [-0.4, -0.2) is 20.9 Å². The summed E-state index contributed by atoms with van der Waals surface area (Å²) in [6.07, 6.45) is 0. The maximum absolute atomic E-state index is 13.3. The summed E-state index contributed by atoms with van der Waals surface area (Å²) < 4.78 is 27.7. The Morgan fingerprint density at radius 2 is 1.53 bits per heavy atom. The van der Waals surface area contributed by atoms with Gasteiger partial charge in [0.2, 0.25) is 5.91 Å². The third kappa shape index (κ3) is 5.01. The van der Waals surface area contributed by atoms with Gasteiger partial charge in [0.05, 0.1) is 10.6 Å². The lowest BCUT2D eigenvalue weighted by molar-refractivity contribution is -0.114. The summed E-state index contributed by atoms with van der Waals surface area (Å²) in [6, 6.07) is 21.9. The number of carbonyl (C=O) groups is 1. The zero-order valence-electron chi connectivity index (χ0n) is 16.7. The van der Waals surface area contributed by atoms with E-state index in [4.69, 9.17) is 11.6 Å². The molecule has 0 heterocycles. The van der Waals surface area contributed by atoms with E-state index in [1.165, 1.54) is 24.3 Å². The molecule has 0 radical (unpaired) electrons. The van der Waals surface area contributed by atoms with E-state index in [9.17, 15) is 13.2 Å². The zero-order chi connectivity index (χ0) is 21.7. The largest absolute Gasteiger partial charge is 0.324 e. The number of para-hydroxylation sites is 2. The maximum atomic E-state index is 13.3. The van der Waals surface area contributed by atoms with Gasteiger partial charge in [-0.2, -0.15) is 0 Å². The number of benzene rings is 3. The van der Waals surface area contributed by atoms with Gasteiger partial charge < -0.3 is 5.32 Å². The summed E-state index contributed by atoms with van der Waals surface area (Å²) in [5.74, 6) is -0.214. The van der Waals surface area contributed by atoms with Gasteiger partial charge in [-0.05, 0) is 53.9 Å². The van der Waals surface area contributed by atoms with Crippen LogP contribution in [0, 0.1) is 0 Å². The molecule has 0 aliphatic carbocycles. The molecule has 0 atom stereocenters. The van der Waals surface area contributed by atoms with Crippen LogP contribution in [-0.2, 0) is 14.8 Å². The Kier molecular flexibility index (Phi) is 6.80. The maximum Gasteiger partial charge on any atom is 0.264 e. The average Bonchev–Trinajstić information content (AvgIpc) is 2.73. The molecule has 0 saturated heterocycles. The summed E-state index contributed by atoms with van der Waals surface area (Å²) in [5.41, 5.74) is 2.06. The molecule has 3 rings (SSSR count). The van der Waals surface area contributed by atoms with Crippen LogP contribution >= 0.6 is 11.6 Å². The molecule has 3 aromatic carbocycles. The van der Waals surface area contributed by atoms with Crippen molar-refractivity contribution in [2.24, 2.45) is 0 Å². The molecule has 156 valence electrons. The lowest BCUT2D eigenvalue weighted by Crippen LogP contribution is -2.38. The number of halogens is 1. The van der Waals surface area contributed by atoms with Crippen LogP contribution < -0.4 is 9.62 Å². The molecule has 3 aromatic rings. The van der Waals surface area contributed by atoms with Crippen molar-refractivity contribution < 1.29 is 13.2 Å². The number of amides is 1. The first-order valence-electron chi connectivity index (χ1n) is 9.51. The Balaban J connectivity index is 1.93. The standard InChI is InChI=1S/C23H23ClN2O3S/c1-17(2)21-10-6-7-11-22(21)25-23(27)16-26(19-8-4-3-5-9-19)30(28,29)20-14-12-18(24)13-15-20/h3-15,17H,16H2,1-2H3,(H,25,27). The number of rotatable bonds is 7. The van der Waals surface area contributed by atoms with E-state index in [0.717, 1.165) is 9.87 Å². The highest BCUT2D eigenvalue weighted by atomic mass is 35.5. The molecule has 0 aliphatic heterocycles. The molecule has 0 aliphatic rings. The lowest BCUT2D eigenvalue weighted by atomic mass is 10.0. The van der Waals surface area contributed by atoms with Crippen LogP contribution in [0.2, 0.25) is 5.02 Å². The van der Waals surface area contributed by atoms with Crippen molar-refractivity contribution in [1.82, 2.24) is 0 Å². The molecule has 30 heavy (non-hydrogen) atoms. The Hall–Kier alpha value is -2.83. The van der Waals surface area contributed by atoms with Crippen molar-refractivity contribution in [2.75, 3.05) is 16.2 Å². The molecular weight excluding hydrogens is 420 g/mol. The highest BCUT2D eigenvalue weighted by molar-refractivity contribution is 7.92. The van der Waals surface area contributed by atoms with Crippen LogP contribution in [0.1, 0.15) is 25.3 Å². The van der Waals surface area contributed by atoms with Gasteiger partial charge in [0.1, 0.15) is 6.54 Å². The second kappa shape index (κ2) is 9.32. The van der Waals surface area contributed by atoms with Crippen LogP contribution in [0.15, 0.2) is 83.8 Å². The number of nitrogens with zero attached hydrogens (tertiary/aromatic N) is 1. The molecule has 0 bridgehead atoms. The van der Waals surface area contributed by atoms with Crippen LogP contribution in [0.4, 0.5) is 11.4 Å². The zero-order valence-corrected chi connectivity index (χ0v) is 18.3. The number of carbonyl (C=O) groups excluding carboxylic acids is 1. The Morgan fingerprint density at radius 1 is 0.933 bits per heavy atom. The second-order valence-corrected chi connectivity index (χ2v) is 9.39. The third-order valence-corrected chi connectivity index (χ3v) is 6.63. The van der Waals surface area contributed by atoms with Crippen molar-refractivity contribution in [3.8, 4) is 0 Å². The minimum Gasteiger partial charge on any atom is -0.324 e. The van der Waals surface area contributed by atoms with E-state index in [-0.39, 0.29) is 17.4 Å². The van der Waals surface area contributed by atoms with Gasteiger partial charge in [-0.25, -0.2) is 8.42 Å². The molecule has 0 saturated carbocycles. The lowest BCUT2D eigenvalue weighted by Gasteiger charge is -2.24. The smallest absolute Gasteiger partial charge is 0.264 e. The Bertz CT molecular complexity index is 1110. The average molecular weight is 443 g/mol. The van der Waals surface area contributed by atoms with E-state index >= 15 is 0 Å². The van der Waals surface area contributed by atoms with Gasteiger partial charge in [-0.15, -0.1) is 0 Å². The van der Waals surface area contributed by atoms with Crippen LogP contribution in [0.3, 0.4) is 0 Å². The molecule has 0 unspecified atom stereocenters. The minimum atomic E-state index is -3.97. The second-order valence-electron chi connectivity index (χ2n) is 7.09.